The van der Waals surface area contributed by atoms with E-state index in [1.165, 1.54) is 0 Å². The monoisotopic (exact) mass is 186 g/mol. The number of benzene rings is 1. The van der Waals surface area contributed by atoms with Crippen LogP contribution in [-0.4, -0.2) is 5.78 Å². The summed E-state index contributed by atoms with van der Waals surface area (Å²) in [7, 11) is 0. The molecule has 0 heterocycles. The lowest BCUT2D eigenvalue weighted by molar-refractivity contribution is -0.113. The summed E-state index contributed by atoms with van der Waals surface area (Å²) < 4.78 is 0. The van der Waals surface area contributed by atoms with Crippen LogP contribution >= 0.6 is 0 Å². The van der Waals surface area contributed by atoms with Crippen LogP contribution in [0, 0.1) is 0 Å². The summed E-state index contributed by atoms with van der Waals surface area (Å²) in [5.74, 6) is 0.0568. The average molecular weight is 186 g/mol. The minimum absolute atomic E-state index is 0.0568. The molecule has 1 aromatic rings. The van der Waals surface area contributed by atoms with Crippen molar-refractivity contribution in [3.8, 4) is 0 Å². The number of hydrogen-bond acceptors (Lipinski definition) is 1. The highest BCUT2D eigenvalue weighted by molar-refractivity contribution is 6.01. The number of hydrogen-bond donors (Lipinski definition) is 0. The van der Waals surface area contributed by atoms with Crippen molar-refractivity contribution in [2.45, 2.75) is 13.8 Å². The molecular weight excluding hydrogens is 172 g/mol. The van der Waals surface area contributed by atoms with Crippen LogP contribution in [-0.2, 0) is 4.79 Å². The second-order valence-electron chi connectivity index (χ2n) is 3.31. The maximum Gasteiger partial charge on any atom is 0.160 e. The fraction of sp³-hybridized carbons (Fsp3) is 0.154. The first kappa shape index (κ1) is 10.5. The lowest BCUT2D eigenvalue weighted by atomic mass is 10.0. The molecule has 1 nitrogen and oxygen atoms in total. The van der Waals surface area contributed by atoms with Crippen LogP contribution < -0.4 is 0 Å². The summed E-state index contributed by atoms with van der Waals surface area (Å²) >= 11 is 0. The Morgan fingerprint density at radius 1 is 1.21 bits per heavy atom. The zero-order valence-corrected chi connectivity index (χ0v) is 8.58. The predicted octanol–water partition coefficient (Wildman–Crippen LogP) is 3.24. The van der Waals surface area contributed by atoms with Crippen molar-refractivity contribution in [3.63, 3.8) is 0 Å². The number of carbonyl (C=O) groups excluding carboxylic acids is 1. The third-order valence-corrected chi connectivity index (χ3v) is 1.95. The van der Waals surface area contributed by atoms with E-state index in [-0.39, 0.29) is 5.78 Å². The van der Waals surface area contributed by atoms with Crippen molar-refractivity contribution < 1.29 is 4.79 Å². The normalized spacial score (nSPS) is 11.1. The van der Waals surface area contributed by atoms with E-state index in [2.05, 4.69) is 6.58 Å². The minimum Gasteiger partial charge on any atom is -0.295 e. The molecule has 0 saturated carbocycles. The van der Waals surface area contributed by atoms with Crippen molar-refractivity contribution in [1.29, 1.82) is 0 Å². The SMILES string of the molecule is C=C(C)/C(=C\c1ccccc1)C(C)=O. The highest BCUT2D eigenvalue weighted by Gasteiger charge is 2.03. The molecule has 0 aromatic heterocycles. The molecule has 1 rings (SSSR count). The number of allylic oxidation sites excluding steroid dienone is 2. The molecule has 0 saturated heterocycles. The molecule has 0 unspecified atom stereocenters. The molecule has 0 atom stereocenters. The van der Waals surface area contributed by atoms with Gasteiger partial charge in [-0.25, -0.2) is 0 Å². The Morgan fingerprint density at radius 2 is 1.79 bits per heavy atom. The van der Waals surface area contributed by atoms with E-state index in [0.29, 0.717) is 5.57 Å². The number of Topliss-reactive ketones (excluding diaryl/α,β-unsaturated/α-hetero) is 1. The van der Waals surface area contributed by atoms with Crippen LogP contribution in [0.25, 0.3) is 6.08 Å². The molecule has 0 N–H and O–H groups in total. The molecule has 0 aliphatic heterocycles. The quantitative estimate of drug-likeness (QED) is 0.523. The molecule has 1 aromatic carbocycles. The second-order valence-corrected chi connectivity index (χ2v) is 3.31. The Balaban J connectivity index is 3.06. The van der Waals surface area contributed by atoms with Gasteiger partial charge in [-0.05, 0) is 31.1 Å². The molecule has 1 heteroatoms. The first-order valence-corrected chi connectivity index (χ1v) is 4.55. The van der Waals surface area contributed by atoms with E-state index in [9.17, 15) is 4.79 Å². The second kappa shape index (κ2) is 4.56. The maximum absolute atomic E-state index is 11.3. The molecule has 72 valence electrons. The van der Waals surface area contributed by atoms with E-state index < -0.39 is 0 Å². The molecule has 0 amide bonds. The number of ketones is 1. The van der Waals surface area contributed by atoms with Gasteiger partial charge in [0, 0.05) is 5.57 Å². The van der Waals surface area contributed by atoms with E-state index in [1.807, 2.05) is 43.3 Å². The zero-order valence-electron chi connectivity index (χ0n) is 8.58. The largest absolute Gasteiger partial charge is 0.295 e. The van der Waals surface area contributed by atoms with Crippen LogP contribution in [0.2, 0.25) is 0 Å². The van der Waals surface area contributed by atoms with Gasteiger partial charge in [-0.3, -0.25) is 4.79 Å². The summed E-state index contributed by atoms with van der Waals surface area (Å²) in [6.45, 7) is 7.19. The Labute approximate surface area is 84.8 Å². The fourth-order valence-electron chi connectivity index (χ4n) is 1.24. The van der Waals surface area contributed by atoms with Crippen molar-refractivity contribution in [2.24, 2.45) is 0 Å². The van der Waals surface area contributed by atoms with Crippen LogP contribution in [0.3, 0.4) is 0 Å². The highest BCUT2D eigenvalue weighted by atomic mass is 16.1. The standard InChI is InChI=1S/C13H14O/c1-10(2)13(11(3)14)9-12-7-5-4-6-8-12/h4-9H,1H2,2-3H3/b13-9+. The summed E-state index contributed by atoms with van der Waals surface area (Å²) in [5, 5.41) is 0. The van der Waals surface area contributed by atoms with Gasteiger partial charge in [0.1, 0.15) is 0 Å². The van der Waals surface area contributed by atoms with Gasteiger partial charge in [0.2, 0.25) is 0 Å². The van der Waals surface area contributed by atoms with E-state index in [1.54, 1.807) is 6.92 Å². The molecular formula is C13H14O. The van der Waals surface area contributed by atoms with Gasteiger partial charge in [0.15, 0.2) is 5.78 Å². The van der Waals surface area contributed by atoms with E-state index >= 15 is 0 Å². The van der Waals surface area contributed by atoms with Gasteiger partial charge in [0.05, 0.1) is 0 Å². The van der Waals surface area contributed by atoms with Gasteiger partial charge in [-0.15, -0.1) is 0 Å². The zero-order chi connectivity index (χ0) is 10.6. The van der Waals surface area contributed by atoms with Crippen LogP contribution in [0.5, 0.6) is 0 Å². The van der Waals surface area contributed by atoms with Crippen LogP contribution in [0.1, 0.15) is 19.4 Å². The minimum atomic E-state index is 0.0568. The number of carbonyl (C=O) groups is 1. The molecule has 0 fully saturated rings. The maximum atomic E-state index is 11.3. The Bertz CT molecular complexity index is 355. The van der Waals surface area contributed by atoms with Crippen molar-refractivity contribution in [2.75, 3.05) is 0 Å². The van der Waals surface area contributed by atoms with Gasteiger partial charge in [-0.1, -0.05) is 36.9 Å². The Morgan fingerprint density at radius 3 is 2.21 bits per heavy atom. The van der Waals surface area contributed by atoms with Gasteiger partial charge in [-0.2, -0.15) is 0 Å². The fourth-order valence-corrected chi connectivity index (χ4v) is 1.24. The number of rotatable bonds is 3. The first-order chi connectivity index (χ1) is 6.61. The Kier molecular flexibility index (Phi) is 3.41. The van der Waals surface area contributed by atoms with E-state index in [4.69, 9.17) is 0 Å². The molecule has 0 spiro atoms. The van der Waals surface area contributed by atoms with Crippen molar-refractivity contribution in [1.82, 2.24) is 0 Å². The average Bonchev–Trinajstić information content (AvgIpc) is 2.15. The topological polar surface area (TPSA) is 17.1 Å². The molecule has 0 radical (unpaired) electrons. The van der Waals surface area contributed by atoms with Gasteiger partial charge < -0.3 is 0 Å². The summed E-state index contributed by atoms with van der Waals surface area (Å²) in [4.78, 5) is 11.3. The summed E-state index contributed by atoms with van der Waals surface area (Å²) in [6, 6.07) is 9.77. The lowest BCUT2D eigenvalue weighted by Crippen LogP contribution is -1.96. The third kappa shape index (κ3) is 2.70. The third-order valence-electron chi connectivity index (χ3n) is 1.95. The summed E-state index contributed by atoms with van der Waals surface area (Å²) in [5.41, 5.74) is 2.53. The smallest absolute Gasteiger partial charge is 0.160 e. The van der Waals surface area contributed by atoms with E-state index in [0.717, 1.165) is 11.1 Å². The van der Waals surface area contributed by atoms with Gasteiger partial charge in [0.25, 0.3) is 0 Å². The van der Waals surface area contributed by atoms with Crippen molar-refractivity contribution in [3.05, 3.63) is 53.6 Å². The Hall–Kier alpha value is -1.63. The molecule has 0 bridgehead atoms. The first-order valence-electron chi connectivity index (χ1n) is 4.55. The predicted molar refractivity (Wildman–Crippen MR) is 59.9 cm³/mol. The lowest BCUT2D eigenvalue weighted by Gasteiger charge is -2.01. The van der Waals surface area contributed by atoms with Crippen molar-refractivity contribution >= 4 is 11.9 Å². The van der Waals surface area contributed by atoms with Crippen LogP contribution in [0.15, 0.2) is 48.1 Å². The molecule has 0 aliphatic rings. The molecule has 14 heavy (non-hydrogen) atoms. The van der Waals surface area contributed by atoms with Crippen LogP contribution in [0.4, 0.5) is 0 Å². The highest BCUT2D eigenvalue weighted by Crippen LogP contribution is 2.13. The molecule has 0 aliphatic carbocycles. The summed E-state index contributed by atoms with van der Waals surface area (Å²) in [6.07, 6.45) is 1.87. The van der Waals surface area contributed by atoms with Gasteiger partial charge >= 0.3 is 0 Å².